The average Bonchev–Trinajstić information content (AvgIpc) is 2.74. The van der Waals surface area contributed by atoms with Gasteiger partial charge in [-0.1, -0.05) is 30.7 Å². The van der Waals surface area contributed by atoms with Gasteiger partial charge in [0.05, 0.1) is 30.1 Å². The molecule has 150 valence electrons. The zero-order valence-corrected chi connectivity index (χ0v) is 16.9. The van der Waals surface area contributed by atoms with Crippen LogP contribution in [0.1, 0.15) is 25.1 Å². The zero-order valence-electron chi connectivity index (χ0n) is 16.2. The maximum atomic E-state index is 13.2. The molecule has 0 amide bonds. The second-order valence-corrected chi connectivity index (χ2v) is 6.93. The molecule has 3 aromatic rings. The summed E-state index contributed by atoms with van der Waals surface area (Å²) < 4.78 is 1.45. The molecule has 8 heteroatoms. The molecule has 3 rings (SSSR count). The molecule has 0 radical (unpaired) electrons. The highest BCUT2D eigenvalue weighted by molar-refractivity contribution is 6.30. The molecule has 29 heavy (non-hydrogen) atoms. The first-order chi connectivity index (χ1) is 14.0. The molecule has 0 fully saturated rings. The third-order valence-electron chi connectivity index (χ3n) is 4.71. The maximum Gasteiger partial charge on any atom is 0.261 e. The van der Waals surface area contributed by atoms with E-state index in [1.54, 1.807) is 31.4 Å². The van der Waals surface area contributed by atoms with Crippen molar-refractivity contribution < 1.29 is 5.11 Å². The van der Waals surface area contributed by atoms with Gasteiger partial charge in [-0.25, -0.2) is 9.97 Å². The van der Waals surface area contributed by atoms with E-state index in [0.29, 0.717) is 39.3 Å². The Hall–Kier alpha value is -3.03. The molecule has 0 spiro atoms. The summed E-state index contributed by atoms with van der Waals surface area (Å²) in [5.74, 6) is 0. The van der Waals surface area contributed by atoms with Crippen LogP contribution in [-0.2, 0) is 0 Å². The maximum absolute atomic E-state index is 13.2. The van der Waals surface area contributed by atoms with Crippen LogP contribution in [0.25, 0.3) is 27.7 Å². The number of hydrogen-bond acceptors (Lipinski definition) is 6. The fraction of sp³-hybridized carbons (Fsp3) is 0.238. The number of halogens is 1. The van der Waals surface area contributed by atoms with Gasteiger partial charge in [0.25, 0.3) is 5.56 Å². The quantitative estimate of drug-likeness (QED) is 0.517. The van der Waals surface area contributed by atoms with E-state index in [2.05, 4.69) is 15.3 Å². The van der Waals surface area contributed by atoms with Crippen molar-refractivity contribution in [1.29, 1.82) is 5.41 Å². The minimum atomic E-state index is -0.356. The van der Waals surface area contributed by atoms with Crippen LogP contribution in [0.3, 0.4) is 0 Å². The molecule has 2 aromatic heterocycles. The molecular formula is C21H22ClN5O2. The number of aliphatic hydroxyl groups is 1. The molecule has 1 aromatic carbocycles. The summed E-state index contributed by atoms with van der Waals surface area (Å²) in [5, 5.41) is 21.3. The van der Waals surface area contributed by atoms with E-state index >= 15 is 0 Å². The number of benzene rings is 1. The van der Waals surface area contributed by atoms with Crippen LogP contribution in [0.15, 0.2) is 47.7 Å². The summed E-state index contributed by atoms with van der Waals surface area (Å²) in [4.78, 5) is 22.4. The van der Waals surface area contributed by atoms with E-state index in [0.717, 1.165) is 5.56 Å². The standard InChI is InChI=1S/C21H22ClN5O2/c1-3-16(11-28)27-12-25-20-17(21(27)29)8-18(13-4-6-15(22)7-5-13)26-19(20)14(9-23)10-24-2/h4-10,12,16,23-24,28H,3,11H2,1-2H3/b14-10+,23-9?. The molecular weight excluding hydrogens is 390 g/mol. The molecule has 0 aliphatic heterocycles. The van der Waals surface area contributed by atoms with Crippen molar-refractivity contribution in [2.24, 2.45) is 0 Å². The van der Waals surface area contributed by atoms with Gasteiger partial charge >= 0.3 is 0 Å². The summed E-state index contributed by atoms with van der Waals surface area (Å²) in [6.45, 7) is 1.74. The predicted octanol–water partition coefficient (Wildman–Crippen LogP) is 3.27. The number of nitrogens with zero attached hydrogens (tertiary/aromatic N) is 3. The number of rotatable bonds is 7. The van der Waals surface area contributed by atoms with Crippen LogP contribution in [0.4, 0.5) is 0 Å². The predicted molar refractivity (Wildman–Crippen MR) is 116 cm³/mol. The van der Waals surface area contributed by atoms with Crippen LogP contribution < -0.4 is 10.9 Å². The van der Waals surface area contributed by atoms with Crippen LogP contribution in [0.5, 0.6) is 0 Å². The lowest BCUT2D eigenvalue weighted by Crippen LogP contribution is -2.27. The highest BCUT2D eigenvalue weighted by atomic mass is 35.5. The van der Waals surface area contributed by atoms with Gasteiger partial charge in [-0.2, -0.15) is 0 Å². The highest BCUT2D eigenvalue weighted by Gasteiger charge is 2.18. The van der Waals surface area contributed by atoms with Crippen molar-refractivity contribution in [1.82, 2.24) is 19.9 Å². The van der Waals surface area contributed by atoms with E-state index in [1.165, 1.54) is 17.1 Å². The van der Waals surface area contributed by atoms with Gasteiger partial charge in [0.15, 0.2) is 0 Å². The van der Waals surface area contributed by atoms with Gasteiger partial charge in [0, 0.05) is 35.6 Å². The summed E-state index contributed by atoms with van der Waals surface area (Å²) in [7, 11) is 1.72. The third-order valence-corrected chi connectivity index (χ3v) is 4.97. The van der Waals surface area contributed by atoms with Gasteiger partial charge in [-0.3, -0.25) is 9.36 Å². The Labute approximate surface area is 173 Å². The minimum Gasteiger partial charge on any atom is -0.394 e. The molecule has 0 aliphatic carbocycles. The van der Waals surface area contributed by atoms with E-state index in [4.69, 9.17) is 17.0 Å². The number of aromatic nitrogens is 3. The molecule has 0 bridgehead atoms. The highest BCUT2D eigenvalue weighted by Crippen LogP contribution is 2.26. The first-order valence-electron chi connectivity index (χ1n) is 9.21. The van der Waals surface area contributed by atoms with Gasteiger partial charge < -0.3 is 15.8 Å². The summed E-state index contributed by atoms with van der Waals surface area (Å²) >= 11 is 6.00. The molecule has 0 saturated heterocycles. The number of fused-ring (bicyclic) bond motifs is 1. The van der Waals surface area contributed by atoms with E-state index in [1.807, 2.05) is 19.1 Å². The molecule has 7 nitrogen and oxygen atoms in total. The summed E-state index contributed by atoms with van der Waals surface area (Å²) in [5.41, 5.74) is 2.42. The minimum absolute atomic E-state index is 0.156. The van der Waals surface area contributed by atoms with E-state index < -0.39 is 0 Å². The van der Waals surface area contributed by atoms with Crippen molar-refractivity contribution >= 4 is 34.3 Å². The van der Waals surface area contributed by atoms with E-state index in [9.17, 15) is 9.90 Å². The number of pyridine rings is 1. The molecule has 3 N–H and O–H groups in total. The Morgan fingerprint density at radius 3 is 2.69 bits per heavy atom. The Morgan fingerprint density at radius 2 is 2.10 bits per heavy atom. The smallest absolute Gasteiger partial charge is 0.261 e. The fourth-order valence-corrected chi connectivity index (χ4v) is 3.25. The van der Waals surface area contributed by atoms with Gasteiger partial charge in [0.2, 0.25) is 0 Å². The topological polar surface area (TPSA) is 104 Å². The Morgan fingerprint density at radius 1 is 1.38 bits per heavy atom. The SMILES string of the molecule is CCC(CO)n1cnc2c(/C(C=N)=C/NC)nc(-c3ccc(Cl)cc3)cc2c1=O. The monoisotopic (exact) mass is 411 g/mol. The van der Waals surface area contributed by atoms with Crippen LogP contribution in [-0.4, -0.2) is 39.5 Å². The van der Waals surface area contributed by atoms with Gasteiger partial charge in [-0.05, 0) is 24.6 Å². The summed E-state index contributed by atoms with van der Waals surface area (Å²) in [6.07, 6.45) is 4.83. The average molecular weight is 412 g/mol. The lowest BCUT2D eigenvalue weighted by atomic mass is 10.1. The summed E-state index contributed by atoms with van der Waals surface area (Å²) in [6, 6.07) is 8.49. The van der Waals surface area contributed by atoms with Crippen LogP contribution >= 0.6 is 11.6 Å². The van der Waals surface area contributed by atoms with Crippen LogP contribution in [0, 0.1) is 5.41 Å². The largest absolute Gasteiger partial charge is 0.394 e. The first kappa shape index (κ1) is 20.7. The molecule has 2 heterocycles. The lowest BCUT2D eigenvalue weighted by Gasteiger charge is -2.16. The Kier molecular flexibility index (Phi) is 6.41. The molecule has 0 saturated carbocycles. The Bertz CT molecular complexity index is 1120. The van der Waals surface area contributed by atoms with Crippen molar-refractivity contribution in [3.05, 3.63) is 63.9 Å². The Balaban J connectivity index is 2.37. The van der Waals surface area contributed by atoms with Crippen molar-refractivity contribution in [2.75, 3.05) is 13.7 Å². The second-order valence-electron chi connectivity index (χ2n) is 6.49. The molecule has 1 atom stereocenters. The van der Waals surface area contributed by atoms with E-state index in [-0.39, 0.29) is 18.2 Å². The van der Waals surface area contributed by atoms with Gasteiger partial charge in [0.1, 0.15) is 11.2 Å². The van der Waals surface area contributed by atoms with Crippen molar-refractivity contribution in [2.45, 2.75) is 19.4 Å². The van der Waals surface area contributed by atoms with Gasteiger partial charge in [-0.15, -0.1) is 0 Å². The van der Waals surface area contributed by atoms with Crippen molar-refractivity contribution in [3.63, 3.8) is 0 Å². The number of nitrogens with one attached hydrogen (secondary N) is 2. The zero-order chi connectivity index (χ0) is 21.0. The van der Waals surface area contributed by atoms with Crippen molar-refractivity contribution in [3.8, 4) is 11.3 Å². The first-order valence-corrected chi connectivity index (χ1v) is 9.58. The van der Waals surface area contributed by atoms with Crippen LogP contribution in [0.2, 0.25) is 5.02 Å². The fourth-order valence-electron chi connectivity index (χ4n) is 3.12. The molecule has 1 unspecified atom stereocenters. The normalized spacial score (nSPS) is 12.8. The number of allylic oxidation sites excluding steroid dienone is 1. The number of hydrogen-bond donors (Lipinski definition) is 3. The third kappa shape index (κ3) is 4.06. The second kappa shape index (κ2) is 8.98. The number of aliphatic hydroxyl groups excluding tert-OH is 1. The molecule has 0 aliphatic rings. The lowest BCUT2D eigenvalue weighted by molar-refractivity contribution is 0.221.